The first-order chi connectivity index (χ1) is 12.9. The molecule has 1 aliphatic heterocycles. The van der Waals surface area contributed by atoms with Crippen LogP contribution in [0, 0.1) is 10.1 Å². The standard InChI is InChI=1S/C17H14N4O6/c22-13-8-10(21(26)27)9-18-15(13)19-14(23)6-3-7-20-16(24)11-4-1-2-5-12(11)17(20)25/h1-2,4-5,8-9,22H,3,6-7H2,(H,18,19,23). The molecule has 0 bridgehead atoms. The Kier molecular flexibility index (Phi) is 4.79. The summed E-state index contributed by atoms with van der Waals surface area (Å²) >= 11 is 0. The second kappa shape index (κ2) is 7.20. The Morgan fingerprint density at radius 3 is 2.41 bits per heavy atom. The first-order valence-electron chi connectivity index (χ1n) is 7.97. The van der Waals surface area contributed by atoms with Crippen LogP contribution in [-0.4, -0.2) is 44.2 Å². The lowest BCUT2D eigenvalue weighted by Crippen LogP contribution is -2.31. The number of aromatic nitrogens is 1. The van der Waals surface area contributed by atoms with Crippen LogP contribution in [0.4, 0.5) is 11.5 Å². The van der Waals surface area contributed by atoms with E-state index in [-0.39, 0.29) is 25.2 Å². The van der Waals surface area contributed by atoms with Gasteiger partial charge in [-0.2, -0.15) is 0 Å². The largest absolute Gasteiger partial charge is 0.504 e. The Morgan fingerprint density at radius 2 is 1.85 bits per heavy atom. The second-order valence-electron chi connectivity index (χ2n) is 5.78. The molecule has 0 spiro atoms. The number of pyridine rings is 1. The summed E-state index contributed by atoms with van der Waals surface area (Å²) in [6.45, 7) is 0.0689. The summed E-state index contributed by atoms with van der Waals surface area (Å²) in [6.07, 6.45) is 1.09. The molecule has 0 fully saturated rings. The van der Waals surface area contributed by atoms with Crippen molar-refractivity contribution in [3.8, 4) is 5.75 Å². The van der Waals surface area contributed by atoms with Gasteiger partial charge in [-0.25, -0.2) is 4.98 Å². The Balaban J connectivity index is 1.54. The smallest absolute Gasteiger partial charge is 0.291 e. The molecule has 138 valence electrons. The number of amides is 3. The normalized spacial score (nSPS) is 12.8. The number of rotatable bonds is 6. The molecule has 2 aromatic rings. The van der Waals surface area contributed by atoms with Crippen LogP contribution < -0.4 is 5.32 Å². The number of hydrogen-bond acceptors (Lipinski definition) is 7. The van der Waals surface area contributed by atoms with Crippen LogP contribution in [0.2, 0.25) is 0 Å². The van der Waals surface area contributed by atoms with Crippen LogP contribution >= 0.6 is 0 Å². The number of nitro groups is 1. The zero-order chi connectivity index (χ0) is 19.6. The van der Waals surface area contributed by atoms with E-state index in [1.54, 1.807) is 24.3 Å². The summed E-state index contributed by atoms with van der Waals surface area (Å²) in [4.78, 5) is 51.0. The summed E-state index contributed by atoms with van der Waals surface area (Å²) in [5.74, 6) is -2.04. The molecule has 27 heavy (non-hydrogen) atoms. The number of imide groups is 1. The van der Waals surface area contributed by atoms with Crippen LogP contribution in [0.3, 0.4) is 0 Å². The van der Waals surface area contributed by atoms with E-state index < -0.39 is 34.1 Å². The maximum Gasteiger partial charge on any atom is 0.291 e. The number of aromatic hydroxyl groups is 1. The lowest BCUT2D eigenvalue weighted by atomic mass is 10.1. The van der Waals surface area contributed by atoms with Crippen molar-refractivity contribution >= 4 is 29.2 Å². The van der Waals surface area contributed by atoms with E-state index >= 15 is 0 Å². The maximum absolute atomic E-state index is 12.2. The topological polar surface area (TPSA) is 143 Å². The number of hydrogen-bond donors (Lipinski definition) is 2. The number of carbonyl (C=O) groups excluding carboxylic acids is 3. The highest BCUT2D eigenvalue weighted by Crippen LogP contribution is 2.25. The maximum atomic E-state index is 12.2. The van der Waals surface area contributed by atoms with Gasteiger partial charge < -0.3 is 10.4 Å². The van der Waals surface area contributed by atoms with Crippen molar-refractivity contribution in [2.24, 2.45) is 0 Å². The van der Waals surface area contributed by atoms with Crippen molar-refractivity contribution in [3.05, 3.63) is 57.8 Å². The summed E-state index contributed by atoms with van der Waals surface area (Å²) < 4.78 is 0. The fourth-order valence-corrected chi connectivity index (χ4v) is 2.67. The number of benzene rings is 1. The highest BCUT2D eigenvalue weighted by molar-refractivity contribution is 6.21. The van der Waals surface area contributed by atoms with Gasteiger partial charge in [0.15, 0.2) is 11.6 Å². The molecule has 0 saturated heterocycles. The summed E-state index contributed by atoms with van der Waals surface area (Å²) in [5.41, 5.74) is 0.273. The molecule has 3 rings (SSSR count). The first-order valence-corrected chi connectivity index (χ1v) is 7.97. The lowest BCUT2D eigenvalue weighted by molar-refractivity contribution is -0.385. The molecule has 10 heteroatoms. The minimum atomic E-state index is -0.722. The molecular weight excluding hydrogens is 356 g/mol. The van der Waals surface area contributed by atoms with Gasteiger partial charge in [0.05, 0.1) is 22.1 Å². The highest BCUT2D eigenvalue weighted by atomic mass is 16.6. The van der Waals surface area contributed by atoms with E-state index in [0.717, 1.165) is 17.2 Å². The van der Waals surface area contributed by atoms with E-state index in [2.05, 4.69) is 10.3 Å². The van der Waals surface area contributed by atoms with E-state index in [1.807, 2.05) is 0 Å². The van der Waals surface area contributed by atoms with Crippen molar-refractivity contribution in [3.63, 3.8) is 0 Å². The Labute approximate surface area is 152 Å². The Bertz CT molecular complexity index is 923. The quantitative estimate of drug-likeness (QED) is 0.447. The Hall–Kier alpha value is -3.82. The molecule has 0 aliphatic carbocycles. The molecule has 0 unspecified atom stereocenters. The number of nitrogens with one attached hydrogen (secondary N) is 1. The van der Waals surface area contributed by atoms with Crippen molar-refractivity contribution in [2.75, 3.05) is 11.9 Å². The number of anilines is 1. The molecule has 0 radical (unpaired) electrons. The molecule has 1 aromatic carbocycles. The summed E-state index contributed by atoms with van der Waals surface area (Å²) in [6, 6.07) is 7.37. The molecule has 2 N–H and O–H groups in total. The van der Waals surface area contributed by atoms with Gasteiger partial charge in [-0.05, 0) is 18.6 Å². The number of carbonyl (C=O) groups is 3. The SMILES string of the molecule is O=C(CCCN1C(=O)c2ccccc2C1=O)Nc1ncc([N+](=O)[O-])cc1O. The van der Waals surface area contributed by atoms with Gasteiger partial charge in [-0.3, -0.25) is 29.4 Å². The summed E-state index contributed by atoms with van der Waals surface area (Å²) in [5, 5.41) is 22.6. The molecule has 0 saturated carbocycles. The number of fused-ring (bicyclic) bond motifs is 1. The van der Waals surface area contributed by atoms with Gasteiger partial charge in [0.25, 0.3) is 17.5 Å². The van der Waals surface area contributed by atoms with Gasteiger partial charge in [-0.15, -0.1) is 0 Å². The molecule has 10 nitrogen and oxygen atoms in total. The highest BCUT2D eigenvalue weighted by Gasteiger charge is 2.34. The minimum absolute atomic E-state index is 0.0362. The minimum Gasteiger partial charge on any atom is -0.504 e. The van der Waals surface area contributed by atoms with Crippen LogP contribution in [0.15, 0.2) is 36.5 Å². The number of nitrogens with zero attached hydrogens (tertiary/aromatic N) is 3. The van der Waals surface area contributed by atoms with Gasteiger partial charge in [-0.1, -0.05) is 12.1 Å². The molecule has 1 aliphatic rings. The van der Waals surface area contributed by atoms with Crippen molar-refractivity contribution < 1.29 is 24.4 Å². The van der Waals surface area contributed by atoms with Crippen LogP contribution in [0.25, 0.3) is 0 Å². The second-order valence-corrected chi connectivity index (χ2v) is 5.78. The molecule has 1 aromatic heterocycles. The third-order valence-corrected chi connectivity index (χ3v) is 3.99. The lowest BCUT2D eigenvalue weighted by Gasteiger charge is -2.13. The molecular formula is C17H14N4O6. The van der Waals surface area contributed by atoms with Gasteiger partial charge >= 0.3 is 0 Å². The van der Waals surface area contributed by atoms with Crippen molar-refractivity contribution in [1.29, 1.82) is 0 Å². The third-order valence-electron chi connectivity index (χ3n) is 3.99. The predicted molar refractivity (Wildman–Crippen MR) is 92.2 cm³/mol. The zero-order valence-electron chi connectivity index (χ0n) is 13.9. The van der Waals surface area contributed by atoms with Crippen LogP contribution in [-0.2, 0) is 4.79 Å². The predicted octanol–water partition coefficient (Wildman–Crippen LogP) is 1.71. The van der Waals surface area contributed by atoms with E-state index in [9.17, 15) is 29.6 Å². The molecule has 0 atom stereocenters. The summed E-state index contributed by atoms with van der Waals surface area (Å²) in [7, 11) is 0. The van der Waals surface area contributed by atoms with Crippen LogP contribution in [0.5, 0.6) is 5.75 Å². The average Bonchev–Trinajstić information content (AvgIpc) is 2.88. The first kappa shape index (κ1) is 18.0. The van der Waals surface area contributed by atoms with Crippen molar-refractivity contribution in [1.82, 2.24) is 9.88 Å². The average molecular weight is 370 g/mol. The van der Waals surface area contributed by atoms with Crippen molar-refractivity contribution in [2.45, 2.75) is 12.8 Å². The van der Waals surface area contributed by atoms with E-state index in [4.69, 9.17) is 0 Å². The third kappa shape index (κ3) is 3.59. The molecule has 3 amide bonds. The zero-order valence-corrected chi connectivity index (χ0v) is 13.9. The fraction of sp³-hybridized carbons (Fsp3) is 0.176. The van der Waals surface area contributed by atoms with Crippen LogP contribution in [0.1, 0.15) is 33.6 Å². The monoisotopic (exact) mass is 370 g/mol. The van der Waals surface area contributed by atoms with E-state index in [0.29, 0.717) is 11.1 Å². The van der Waals surface area contributed by atoms with Gasteiger partial charge in [0, 0.05) is 13.0 Å². The van der Waals surface area contributed by atoms with Gasteiger partial charge in [0.1, 0.15) is 6.20 Å². The Morgan fingerprint density at radius 1 is 1.22 bits per heavy atom. The van der Waals surface area contributed by atoms with Gasteiger partial charge in [0.2, 0.25) is 5.91 Å². The van der Waals surface area contributed by atoms with E-state index in [1.165, 1.54) is 0 Å². The molecule has 2 heterocycles. The fourth-order valence-electron chi connectivity index (χ4n) is 2.67.